The number of aromatic nitrogens is 1. The standard InChI is InChI=1S/C14H15N3O2/c1-10-3-4-14(17(18)19)13(9-10)16-11(2)12-5-7-15-8-6-12/h3-9,11,16H,1-2H3. The van der Waals surface area contributed by atoms with Gasteiger partial charge in [-0.3, -0.25) is 15.1 Å². The van der Waals surface area contributed by atoms with Crippen molar-refractivity contribution in [1.29, 1.82) is 0 Å². The Morgan fingerprint density at radius 1 is 1.26 bits per heavy atom. The van der Waals surface area contributed by atoms with Gasteiger partial charge in [0, 0.05) is 24.5 Å². The van der Waals surface area contributed by atoms with E-state index < -0.39 is 0 Å². The van der Waals surface area contributed by atoms with E-state index in [0.717, 1.165) is 11.1 Å². The molecule has 0 aliphatic rings. The lowest BCUT2D eigenvalue weighted by atomic mass is 10.1. The number of aryl methyl sites for hydroxylation is 1. The molecule has 1 aromatic heterocycles. The minimum absolute atomic E-state index is 0.0245. The predicted octanol–water partition coefficient (Wildman–Crippen LogP) is 3.47. The van der Waals surface area contributed by atoms with Crippen molar-refractivity contribution in [2.75, 3.05) is 5.32 Å². The third-order valence-corrected chi connectivity index (χ3v) is 2.93. The van der Waals surface area contributed by atoms with E-state index >= 15 is 0 Å². The van der Waals surface area contributed by atoms with Crippen LogP contribution in [0.25, 0.3) is 0 Å². The lowest BCUT2D eigenvalue weighted by Gasteiger charge is -2.15. The van der Waals surface area contributed by atoms with Crippen LogP contribution in [-0.4, -0.2) is 9.91 Å². The average molecular weight is 257 g/mol. The summed E-state index contributed by atoms with van der Waals surface area (Å²) in [5.74, 6) is 0. The van der Waals surface area contributed by atoms with Gasteiger partial charge in [0.25, 0.3) is 5.69 Å². The second kappa shape index (κ2) is 5.48. The van der Waals surface area contributed by atoms with E-state index in [1.807, 2.05) is 26.0 Å². The van der Waals surface area contributed by atoms with Crippen molar-refractivity contribution in [3.8, 4) is 0 Å². The number of nitrogens with one attached hydrogen (secondary N) is 1. The first kappa shape index (κ1) is 13.0. The number of nitro groups is 1. The van der Waals surface area contributed by atoms with Gasteiger partial charge in [-0.1, -0.05) is 6.07 Å². The number of anilines is 1. The number of nitro benzene ring substituents is 1. The first-order valence-electron chi connectivity index (χ1n) is 5.99. The monoisotopic (exact) mass is 257 g/mol. The SMILES string of the molecule is Cc1ccc([N+](=O)[O-])c(NC(C)c2ccncc2)c1. The normalized spacial score (nSPS) is 11.9. The summed E-state index contributed by atoms with van der Waals surface area (Å²) in [5, 5.41) is 14.2. The van der Waals surface area contributed by atoms with Crippen LogP contribution in [0.4, 0.5) is 11.4 Å². The largest absolute Gasteiger partial charge is 0.373 e. The van der Waals surface area contributed by atoms with Crippen molar-refractivity contribution < 1.29 is 4.92 Å². The van der Waals surface area contributed by atoms with E-state index in [0.29, 0.717) is 5.69 Å². The number of hydrogen-bond acceptors (Lipinski definition) is 4. The molecule has 0 fully saturated rings. The van der Waals surface area contributed by atoms with Gasteiger partial charge in [0.05, 0.1) is 4.92 Å². The first-order valence-corrected chi connectivity index (χ1v) is 5.99. The molecular weight excluding hydrogens is 242 g/mol. The lowest BCUT2D eigenvalue weighted by molar-refractivity contribution is -0.384. The highest BCUT2D eigenvalue weighted by Gasteiger charge is 2.15. The van der Waals surface area contributed by atoms with E-state index in [1.54, 1.807) is 24.5 Å². The van der Waals surface area contributed by atoms with E-state index in [4.69, 9.17) is 0 Å². The zero-order chi connectivity index (χ0) is 13.8. The van der Waals surface area contributed by atoms with Gasteiger partial charge >= 0.3 is 0 Å². The molecule has 0 aliphatic carbocycles. The number of benzene rings is 1. The highest BCUT2D eigenvalue weighted by atomic mass is 16.6. The molecule has 2 aromatic rings. The Labute approximate surface area is 111 Å². The van der Waals surface area contributed by atoms with Crippen LogP contribution in [0.1, 0.15) is 24.1 Å². The summed E-state index contributed by atoms with van der Waals surface area (Å²) in [6.45, 7) is 3.87. The molecule has 0 amide bonds. The van der Waals surface area contributed by atoms with E-state index in [-0.39, 0.29) is 16.7 Å². The second-order valence-electron chi connectivity index (χ2n) is 4.42. The third-order valence-electron chi connectivity index (χ3n) is 2.93. The van der Waals surface area contributed by atoms with Gasteiger partial charge in [0.1, 0.15) is 5.69 Å². The van der Waals surface area contributed by atoms with Crippen LogP contribution in [0.2, 0.25) is 0 Å². The van der Waals surface area contributed by atoms with Crippen molar-refractivity contribution >= 4 is 11.4 Å². The van der Waals surface area contributed by atoms with Gasteiger partial charge in [-0.2, -0.15) is 0 Å². The molecule has 1 N–H and O–H groups in total. The zero-order valence-electron chi connectivity index (χ0n) is 10.8. The Kier molecular flexibility index (Phi) is 3.75. The van der Waals surface area contributed by atoms with Crippen LogP contribution in [0.5, 0.6) is 0 Å². The highest BCUT2D eigenvalue weighted by Crippen LogP contribution is 2.28. The Morgan fingerprint density at radius 3 is 2.58 bits per heavy atom. The molecule has 2 rings (SSSR count). The maximum Gasteiger partial charge on any atom is 0.292 e. The maximum atomic E-state index is 11.0. The molecule has 1 unspecified atom stereocenters. The highest BCUT2D eigenvalue weighted by molar-refractivity contribution is 5.63. The van der Waals surface area contributed by atoms with E-state index in [1.165, 1.54) is 6.07 Å². The van der Waals surface area contributed by atoms with Crippen LogP contribution in [-0.2, 0) is 0 Å². The minimum atomic E-state index is -0.374. The topological polar surface area (TPSA) is 68.1 Å². The molecule has 1 heterocycles. The molecule has 19 heavy (non-hydrogen) atoms. The Bertz CT molecular complexity index is 584. The summed E-state index contributed by atoms with van der Waals surface area (Å²) in [5.41, 5.74) is 2.64. The molecule has 0 spiro atoms. The molecule has 1 aromatic carbocycles. The molecular formula is C14H15N3O2. The summed E-state index contributed by atoms with van der Waals surface area (Å²) in [4.78, 5) is 14.6. The molecule has 1 atom stereocenters. The van der Waals surface area contributed by atoms with Crippen molar-refractivity contribution in [3.63, 3.8) is 0 Å². The molecule has 98 valence electrons. The Morgan fingerprint density at radius 2 is 1.95 bits per heavy atom. The van der Waals surface area contributed by atoms with Crippen molar-refractivity contribution in [2.45, 2.75) is 19.9 Å². The van der Waals surface area contributed by atoms with Gasteiger partial charge in [0.2, 0.25) is 0 Å². The summed E-state index contributed by atoms with van der Waals surface area (Å²) in [6, 6.07) is 8.80. The molecule has 0 radical (unpaired) electrons. The molecule has 5 heteroatoms. The van der Waals surface area contributed by atoms with Gasteiger partial charge in [-0.25, -0.2) is 0 Å². The van der Waals surface area contributed by atoms with Crippen LogP contribution >= 0.6 is 0 Å². The zero-order valence-corrected chi connectivity index (χ0v) is 10.8. The smallest absolute Gasteiger partial charge is 0.292 e. The van der Waals surface area contributed by atoms with Crippen LogP contribution in [0.3, 0.4) is 0 Å². The molecule has 0 saturated carbocycles. The van der Waals surface area contributed by atoms with Crippen LogP contribution in [0.15, 0.2) is 42.7 Å². The summed E-state index contributed by atoms with van der Waals surface area (Å²) < 4.78 is 0. The average Bonchev–Trinajstić information content (AvgIpc) is 2.39. The fraction of sp³-hybridized carbons (Fsp3) is 0.214. The fourth-order valence-electron chi connectivity index (χ4n) is 1.89. The first-order chi connectivity index (χ1) is 9.08. The summed E-state index contributed by atoms with van der Waals surface area (Å²) in [6.07, 6.45) is 3.41. The lowest BCUT2D eigenvalue weighted by Crippen LogP contribution is -2.08. The van der Waals surface area contributed by atoms with Gasteiger partial charge in [0.15, 0.2) is 0 Å². The van der Waals surface area contributed by atoms with Crippen LogP contribution < -0.4 is 5.32 Å². The van der Waals surface area contributed by atoms with Gasteiger partial charge < -0.3 is 5.32 Å². The molecule has 0 bridgehead atoms. The van der Waals surface area contributed by atoms with Crippen molar-refractivity contribution in [2.24, 2.45) is 0 Å². The van der Waals surface area contributed by atoms with E-state index in [2.05, 4.69) is 10.3 Å². The van der Waals surface area contributed by atoms with Crippen LogP contribution in [0, 0.1) is 17.0 Å². The molecule has 5 nitrogen and oxygen atoms in total. The van der Waals surface area contributed by atoms with Crippen molar-refractivity contribution in [3.05, 3.63) is 64.0 Å². The molecule has 0 saturated heterocycles. The quantitative estimate of drug-likeness (QED) is 0.672. The second-order valence-corrected chi connectivity index (χ2v) is 4.42. The van der Waals surface area contributed by atoms with E-state index in [9.17, 15) is 10.1 Å². The number of nitrogens with zero attached hydrogens (tertiary/aromatic N) is 2. The number of pyridine rings is 1. The molecule has 0 aliphatic heterocycles. The number of rotatable bonds is 4. The van der Waals surface area contributed by atoms with Gasteiger partial charge in [-0.15, -0.1) is 0 Å². The fourth-order valence-corrected chi connectivity index (χ4v) is 1.89. The Hall–Kier alpha value is -2.43. The minimum Gasteiger partial charge on any atom is -0.373 e. The Balaban J connectivity index is 2.28. The third kappa shape index (κ3) is 3.07. The summed E-state index contributed by atoms with van der Waals surface area (Å²) >= 11 is 0. The van der Waals surface area contributed by atoms with Crippen molar-refractivity contribution in [1.82, 2.24) is 4.98 Å². The maximum absolute atomic E-state index is 11.0. The summed E-state index contributed by atoms with van der Waals surface area (Å²) in [7, 11) is 0. The predicted molar refractivity (Wildman–Crippen MR) is 74.1 cm³/mol. The van der Waals surface area contributed by atoms with Gasteiger partial charge in [-0.05, 0) is 43.2 Å². The number of hydrogen-bond donors (Lipinski definition) is 1.